The third kappa shape index (κ3) is 3.67. The zero-order valence-corrected chi connectivity index (χ0v) is 14.1. The Morgan fingerprint density at radius 1 is 1.31 bits per heavy atom. The standard InChI is InChI=1S/C12H17N6O7P/c13-10-7-11(16-3-15-10)18(4-17-7)12-9(21)8(20)5(25-12)1-14-6(19)2-26(22,23)24/h3-5,8-9,12,20-21H,1-2H2,(H,14,19)(H2,13,15,16)(H2,22,23,24)/t5-,8-,9-,12-/m1/s1. The Bertz CT molecular complexity index is 869. The third-order valence-corrected chi connectivity index (χ3v) is 4.55. The molecule has 142 valence electrons. The molecule has 0 spiro atoms. The number of carbonyl (C=O) groups excluding carboxylic acids is 1. The van der Waals surface area contributed by atoms with Crippen LogP contribution < -0.4 is 11.1 Å². The first-order valence-electron chi connectivity index (χ1n) is 7.43. The quantitative estimate of drug-likeness (QED) is 0.291. The minimum Gasteiger partial charge on any atom is -0.387 e. The lowest BCUT2D eigenvalue weighted by Crippen LogP contribution is -2.40. The van der Waals surface area contributed by atoms with Crippen LogP contribution in [0, 0.1) is 0 Å². The van der Waals surface area contributed by atoms with Gasteiger partial charge in [0, 0.05) is 6.54 Å². The van der Waals surface area contributed by atoms with Crippen molar-refractivity contribution in [3.8, 4) is 0 Å². The lowest BCUT2D eigenvalue weighted by molar-refractivity contribution is -0.119. The molecule has 13 nitrogen and oxygen atoms in total. The van der Waals surface area contributed by atoms with Gasteiger partial charge in [0.2, 0.25) is 5.91 Å². The van der Waals surface area contributed by atoms with Gasteiger partial charge < -0.3 is 35.8 Å². The Hall–Kier alpha value is -2.15. The molecule has 1 fully saturated rings. The number of nitrogen functional groups attached to an aromatic ring is 1. The highest BCUT2D eigenvalue weighted by molar-refractivity contribution is 7.52. The number of anilines is 1. The first-order valence-corrected chi connectivity index (χ1v) is 9.23. The second-order valence-electron chi connectivity index (χ2n) is 5.76. The Kier molecular flexibility index (Phi) is 4.92. The molecule has 3 rings (SSSR count). The molecule has 1 aliphatic rings. The van der Waals surface area contributed by atoms with E-state index in [2.05, 4.69) is 20.3 Å². The number of ether oxygens (including phenoxy) is 1. The number of nitrogens with two attached hydrogens (primary N) is 1. The van der Waals surface area contributed by atoms with E-state index in [1.54, 1.807) is 0 Å². The molecule has 0 saturated carbocycles. The number of amides is 1. The van der Waals surface area contributed by atoms with Gasteiger partial charge in [-0.1, -0.05) is 0 Å². The zero-order valence-electron chi connectivity index (χ0n) is 13.2. The summed E-state index contributed by atoms with van der Waals surface area (Å²) in [4.78, 5) is 40.9. The number of hydrogen-bond donors (Lipinski definition) is 6. The van der Waals surface area contributed by atoms with Crippen LogP contribution in [0.2, 0.25) is 0 Å². The highest BCUT2D eigenvalue weighted by Gasteiger charge is 2.44. The van der Waals surface area contributed by atoms with Crippen molar-refractivity contribution in [3.63, 3.8) is 0 Å². The number of hydrogen-bond acceptors (Lipinski definition) is 9. The molecule has 1 amide bonds. The molecule has 2 aromatic rings. The van der Waals surface area contributed by atoms with Gasteiger partial charge in [-0.05, 0) is 0 Å². The van der Waals surface area contributed by atoms with Gasteiger partial charge in [-0.3, -0.25) is 13.9 Å². The van der Waals surface area contributed by atoms with Gasteiger partial charge in [0.05, 0.1) is 6.33 Å². The van der Waals surface area contributed by atoms with Crippen molar-refractivity contribution < 1.29 is 34.1 Å². The van der Waals surface area contributed by atoms with Crippen molar-refractivity contribution in [2.75, 3.05) is 18.4 Å². The third-order valence-electron chi connectivity index (χ3n) is 3.85. The number of fused-ring (bicyclic) bond motifs is 1. The first-order chi connectivity index (χ1) is 12.2. The van der Waals surface area contributed by atoms with Crippen molar-refractivity contribution in [2.24, 2.45) is 0 Å². The topological polar surface area (TPSA) is 206 Å². The maximum atomic E-state index is 11.5. The summed E-state index contributed by atoms with van der Waals surface area (Å²) in [7, 11) is -4.50. The molecule has 7 N–H and O–H groups in total. The fourth-order valence-corrected chi connectivity index (χ4v) is 3.13. The minimum atomic E-state index is -4.50. The summed E-state index contributed by atoms with van der Waals surface area (Å²) in [6, 6.07) is 0. The number of imidazole rings is 1. The summed E-state index contributed by atoms with van der Waals surface area (Å²) in [5.74, 6) is -0.760. The maximum absolute atomic E-state index is 11.5. The average molecular weight is 388 g/mol. The normalized spacial score (nSPS) is 26.3. The number of rotatable bonds is 5. The summed E-state index contributed by atoms with van der Waals surface area (Å²) in [6.07, 6.45) is -3.21. The van der Waals surface area contributed by atoms with Crippen LogP contribution >= 0.6 is 7.60 Å². The molecular formula is C12H17N6O7P. The molecule has 1 saturated heterocycles. The minimum absolute atomic E-state index is 0.142. The van der Waals surface area contributed by atoms with Gasteiger partial charge in [-0.25, -0.2) is 15.0 Å². The molecule has 0 bridgehead atoms. The van der Waals surface area contributed by atoms with E-state index >= 15 is 0 Å². The fraction of sp³-hybridized carbons (Fsp3) is 0.500. The van der Waals surface area contributed by atoms with Gasteiger partial charge in [0.15, 0.2) is 17.7 Å². The predicted molar refractivity (Wildman–Crippen MR) is 85.6 cm³/mol. The van der Waals surface area contributed by atoms with Crippen LogP contribution in [0.4, 0.5) is 5.82 Å². The maximum Gasteiger partial charge on any atom is 0.334 e. The number of aromatic nitrogens is 4. The van der Waals surface area contributed by atoms with Crippen LogP contribution in [0.25, 0.3) is 11.2 Å². The second kappa shape index (κ2) is 6.87. The molecular weight excluding hydrogens is 371 g/mol. The Balaban J connectivity index is 1.72. The number of aliphatic hydroxyl groups is 2. The predicted octanol–water partition coefficient (Wildman–Crippen LogP) is -2.68. The molecule has 0 unspecified atom stereocenters. The van der Waals surface area contributed by atoms with E-state index in [1.165, 1.54) is 17.2 Å². The summed E-state index contributed by atoms with van der Waals surface area (Å²) in [6.45, 7) is -0.253. The van der Waals surface area contributed by atoms with Gasteiger partial charge >= 0.3 is 7.60 Å². The number of nitrogens with zero attached hydrogens (tertiary/aromatic N) is 4. The van der Waals surface area contributed by atoms with E-state index in [0.29, 0.717) is 11.2 Å². The van der Waals surface area contributed by atoms with E-state index in [-0.39, 0.29) is 12.4 Å². The lowest BCUT2D eigenvalue weighted by atomic mass is 10.1. The summed E-state index contributed by atoms with van der Waals surface area (Å²) >= 11 is 0. The van der Waals surface area contributed by atoms with Crippen LogP contribution in [0.1, 0.15) is 6.23 Å². The van der Waals surface area contributed by atoms with Gasteiger partial charge in [-0.2, -0.15) is 0 Å². The molecule has 0 radical (unpaired) electrons. The van der Waals surface area contributed by atoms with Crippen LogP contribution in [0.5, 0.6) is 0 Å². The lowest BCUT2D eigenvalue weighted by Gasteiger charge is -2.16. The van der Waals surface area contributed by atoms with Gasteiger partial charge in [0.25, 0.3) is 0 Å². The van der Waals surface area contributed by atoms with Crippen LogP contribution in [-0.4, -0.2) is 76.4 Å². The molecule has 0 aromatic carbocycles. The number of nitrogens with one attached hydrogen (secondary N) is 1. The number of aliphatic hydroxyl groups excluding tert-OH is 2. The highest BCUT2D eigenvalue weighted by Crippen LogP contribution is 2.34. The van der Waals surface area contributed by atoms with Crippen molar-refractivity contribution in [3.05, 3.63) is 12.7 Å². The van der Waals surface area contributed by atoms with E-state index < -0.39 is 44.2 Å². The smallest absolute Gasteiger partial charge is 0.334 e. The fourth-order valence-electron chi connectivity index (χ4n) is 2.64. The first kappa shape index (κ1) is 18.6. The largest absolute Gasteiger partial charge is 0.387 e. The highest BCUT2D eigenvalue weighted by atomic mass is 31.2. The Morgan fingerprint density at radius 3 is 2.73 bits per heavy atom. The molecule has 4 atom stereocenters. The van der Waals surface area contributed by atoms with Gasteiger partial charge in [-0.15, -0.1) is 0 Å². The second-order valence-corrected chi connectivity index (χ2v) is 7.40. The van der Waals surface area contributed by atoms with E-state index in [0.717, 1.165) is 0 Å². The molecule has 3 heterocycles. The van der Waals surface area contributed by atoms with Crippen LogP contribution in [0.3, 0.4) is 0 Å². The average Bonchev–Trinajstić information content (AvgIpc) is 3.08. The molecule has 0 aliphatic carbocycles. The van der Waals surface area contributed by atoms with Crippen molar-refractivity contribution in [2.45, 2.75) is 24.5 Å². The molecule has 26 heavy (non-hydrogen) atoms. The van der Waals surface area contributed by atoms with Crippen molar-refractivity contribution in [1.82, 2.24) is 24.8 Å². The Labute approximate surface area is 146 Å². The number of carbonyl (C=O) groups is 1. The summed E-state index contributed by atoms with van der Waals surface area (Å²) < 4.78 is 17.7. The van der Waals surface area contributed by atoms with Gasteiger partial charge in [0.1, 0.15) is 36.3 Å². The Morgan fingerprint density at radius 2 is 2.04 bits per heavy atom. The van der Waals surface area contributed by atoms with Crippen molar-refractivity contribution >= 4 is 30.5 Å². The van der Waals surface area contributed by atoms with Crippen LogP contribution in [-0.2, 0) is 14.1 Å². The monoisotopic (exact) mass is 388 g/mol. The van der Waals surface area contributed by atoms with Crippen LogP contribution in [0.15, 0.2) is 12.7 Å². The zero-order chi connectivity index (χ0) is 19.1. The van der Waals surface area contributed by atoms with E-state index in [9.17, 15) is 19.6 Å². The van der Waals surface area contributed by atoms with E-state index in [4.69, 9.17) is 20.3 Å². The van der Waals surface area contributed by atoms with Crippen molar-refractivity contribution in [1.29, 1.82) is 0 Å². The molecule has 14 heteroatoms. The van der Waals surface area contributed by atoms with E-state index in [1.807, 2.05) is 0 Å². The summed E-state index contributed by atoms with van der Waals surface area (Å²) in [5, 5.41) is 22.6. The summed E-state index contributed by atoms with van der Waals surface area (Å²) in [5.41, 5.74) is 6.29. The molecule has 1 aliphatic heterocycles. The molecule has 2 aromatic heterocycles. The SMILES string of the molecule is Nc1ncnc2c1ncn2[C@@H]1O[C@H](CNC(=O)CP(=O)(O)O)[C@@H](O)[C@H]1O.